The molecule has 0 atom stereocenters. The van der Waals surface area contributed by atoms with E-state index in [1.165, 1.54) is 5.39 Å². The molecule has 3 aromatic heterocycles. The standard InChI is InChI=1S/C27H31N5O2/c1-31-8-10-32(11-9-31)12-13-33-21-15-22(16-21)34-27-5-3-20(17-29-27)19-2-4-23-24-18-28-7-6-25(24)30-26(23)14-19/h2-7,14,17-18,21-22,30H,8-13,15-16H2,1H3. The fourth-order valence-electron chi connectivity index (χ4n) is 4.89. The first-order chi connectivity index (χ1) is 16.7. The second-order valence-electron chi connectivity index (χ2n) is 9.54. The van der Waals surface area contributed by atoms with Gasteiger partial charge in [0.05, 0.1) is 12.7 Å². The van der Waals surface area contributed by atoms with Gasteiger partial charge in [-0.2, -0.15) is 0 Å². The van der Waals surface area contributed by atoms with Crippen LogP contribution in [0.15, 0.2) is 55.0 Å². The summed E-state index contributed by atoms with van der Waals surface area (Å²) in [4.78, 5) is 17.2. The Kier molecular flexibility index (Phi) is 5.91. The molecule has 1 N–H and O–H groups in total. The Balaban J connectivity index is 0.997. The van der Waals surface area contributed by atoms with Crippen LogP contribution in [0.4, 0.5) is 0 Å². The number of nitrogens with zero attached hydrogens (tertiary/aromatic N) is 4. The monoisotopic (exact) mass is 457 g/mol. The van der Waals surface area contributed by atoms with Crippen LogP contribution in [0.5, 0.6) is 5.88 Å². The summed E-state index contributed by atoms with van der Waals surface area (Å²) in [5.74, 6) is 0.683. The highest BCUT2D eigenvalue weighted by Gasteiger charge is 2.32. The molecule has 1 aliphatic carbocycles. The van der Waals surface area contributed by atoms with Gasteiger partial charge in [-0.15, -0.1) is 0 Å². The summed E-state index contributed by atoms with van der Waals surface area (Å²) < 4.78 is 12.1. The lowest BCUT2D eigenvalue weighted by Gasteiger charge is -2.36. The Morgan fingerprint density at radius 3 is 2.59 bits per heavy atom. The molecule has 1 saturated carbocycles. The van der Waals surface area contributed by atoms with E-state index in [9.17, 15) is 0 Å². The van der Waals surface area contributed by atoms with E-state index in [0.29, 0.717) is 12.0 Å². The van der Waals surface area contributed by atoms with Gasteiger partial charge in [0.15, 0.2) is 0 Å². The number of ether oxygens (including phenoxy) is 2. The molecule has 0 radical (unpaired) electrons. The smallest absolute Gasteiger partial charge is 0.213 e. The molecule has 1 aliphatic heterocycles. The molecule has 6 rings (SSSR count). The fraction of sp³-hybridized carbons (Fsp3) is 0.407. The molecule has 2 fully saturated rings. The van der Waals surface area contributed by atoms with Crippen molar-refractivity contribution in [3.63, 3.8) is 0 Å². The Bertz CT molecular complexity index is 1260. The van der Waals surface area contributed by atoms with Gasteiger partial charge in [-0.05, 0) is 30.8 Å². The van der Waals surface area contributed by atoms with E-state index < -0.39 is 0 Å². The average Bonchev–Trinajstić information content (AvgIpc) is 3.22. The highest BCUT2D eigenvalue weighted by atomic mass is 16.5. The number of H-pyrrole nitrogens is 1. The molecule has 0 spiro atoms. The Morgan fingerprint density at radius 1 is 0.912 bits per heavy atom. The summed E-state index contributed by atoms with van der Waals surface area (Å²) in [5, 5.41) is 2.33. The van der Waals surface area contributed by atoms with Gasteiger partial charge in [0.1, 0.15) is 6.10 Å². The molecule has 0 amide bonds. The number of aromatic amines is 1. The van der Waals surface area contributed by atoms with Gasteiger partial charge in [-0.1, -0.05) is 12.1 Å². The Labute approximate surface area is 199 Å². The second-order valence-corrected chi connectivity index (χ2v) is 9.54. The van der Waals surface area contributed by atoms with E-state index in [1.807, 2.05) is 30.7 Å². The summed E-state index contributed by atoms with van der Waals surface area (Å²) in [5.41, 5.74) is 4.41. The van der Waals surface area contributed by atoms with E-state index in [-0.39, 0.29) is 6.10 Å². The van der Waals surface area contributed by atoms with Crippen molar-refractivity contribution < 1.29 is 9.47 Å². The molecule has 176 valence electrons. The molecule has 1 aromatic carbocycles. The van der Waals surface area contributed by atoms with Crippen LogP contribution >= 0.6 is 0 Å². The second kappa shape index (κ2) is 9.33. The maximum atomic E-state index is 6.07. The van der Waals surface area contributed by atoms with Crippen molar-refractivity contribution in [1.29, 1.82) is 0 Å². The maximum Gasteiger partial charge on any atom is 0.213 e. The van der Waals surface area contributed by atoms with Crippen LogP contribution in [0.1, 0.15) is 12.8 Å². The van der Waals surface area contributed by atoms with Crippen molar-refractivity contribution in [2.45, 2.75) is 25.0 Å². The average molecular weight is 458 g/mol. The van der Waals surface area contributed by atoms with Crippen molar-refractivity contribution in [2.24, 2.45) is 0 Å². The van der Waals surface area contributed by atoms with Gasteiger partial charge in [0, 0.05) is 97.6 Å². The molecule has 4 heterocycles. The van der Waals surface area contributed by atoms with Crippen LogP contribution in [0.25, 0.3) is 32.9 Å². The first-order valence-electron chi connectivity index (χ1n) is 12.2. The zero-order valence-electron chi connectivity index (χ0n) is 19.6. The number of benzene rings is 1. The van der Waals surface area contributed by atoms with E-state index in [0.717, 1.165) is 79.7 Å². The quantitative estimate of drug-likeness (QED) is 0.453. The van der Waals surface area contributed by atoms with Crippen LogP contribution in [0, 0.1) is 0 Å². The van der Waals surface area contributed by atoms with Crippen molar-refractivity contribution in [2.75, 3.05) is 46.4 Å². The van der Waals surface area contributed by atoms with Gasteiger partial charge in [-0.3, -0.25) is 9.88 Å². The van der Waals surface area contributed by atoms with E-state index in [2.05, 4.69) is 56.1 Å². The van der Waals surface area contributed by atoms with Crippen LogP contribution in [0.3, 0.4) is 0 Å². The molecular weight excluding hydrogens is 426 g/mol. The number of piperazine rings is 1. The largest absolute Gasteiger partial charge is 0.474 e. The van der Waals surface area contributed by atoms with E-state index in [1.54, 1.807) is 0 Å². The van der Waals surface area contributed by atoms with Crippen molar-refractivity contribution in [3.8, 4) is 17.0 Å². The van der Waals surface area contributed by atoms with Gasteiger partial charge < -0.3 is 19.4 Å². The van der Waals surface area contributed by atoms with Crippen LogP contribution in [-0.4, -0.2) is 83.3 Å². The predicted molar refractivity (Wildman–Crippen MR) is 134 cm³/mol. The number of hydrogen-bond donors (Lipinski definition) is 1. The summed E-state index contributed by atoms with van der Waals surface area (Å²) in [6.07, 6.45) is 8.01. The zero-order chi connectivity index (χ0) is 22.9. The highest BCUT2D eigenvalue weighted by molar-refractivity contribution is 6.07. The summed E-state index contributed by atoms with van der Waals surface area (Å²) in [7, 11) is 2.19. The van der Waals surface area contributed by atoms with E-state index in [4.69, 9.17) is 9.47 Å². The molecule has 0 unspecified atom stereocenters. The molecule has 7 heteroatoms. The topological polar surface area (TPSA) is 66.5 Å². The molecule has 2 aliphatic rings. The van der Waals surface area contributed by atoms with Gasteiger partial charge in [0.2, 0.25) is 5.88 Å². The van der Waals surface area contributed by atoms with Crippen molar-refractivity contribution in [1.82, 2.24) is 24.8 Å². The van der Waals surface area contributed by atoms with E-state index >= 15 is 0 Å². The number of hydrogen-bond acceptors (Lipinski definition) is 6. The van der Waals surface area contributed by atoms with Gasteiger partial charge >= 0.3 is 0 Å². The first-order valence-corrected chi connectivity index (χ1v) is 12.2. The summed E-state index contributed by atoms with van der Waals surface area (Å²) in [6, 6.07) is 12.5. The number of fused-ring (bicyclic) bond motifs is 3. The van der Waals surface area contributed by atoms with Crippen molar-refractivity contribution in [3.05, 3.63) is 55.0 Å². The van der Waals surface area contributed by atoms with Crippen molar-refractivity contribution >= 4 is 21.8 Å². The number of aromatic nitrogens is 3. The molecule has 34 heavy (non-hydrogen) atoms. The third kappa shape index (κ3) is 4.51. The third-order valence-corrected chi connectivity index (χ3v) is 7.17. The predicted octanol–water partition coefficient (Wildman–Crippen LogP) is 3.95. The minimum absolute atomic E-state index is 0.197. The van der Waals surface area contributed by atoms with Gasteiger partial charge in [0.25, 0.3) is 0 Å². The van der Waals surface area contributed by atoms with Crippen LogP contribution in [-0.2, 0) is 4.74 Å². The van der Waals surface area contributed by atoms with Gasteiger partial charge in [-0.25, -0.2) is 4.98 Å². The third-order valence-electron chi connectivity index (χ3n) is 7.17. The molecule has 7 nitrogen and oxygen atoms in total. The molecule has 1 saturated heterocycles. The number of likely N-dealkylation sites (N-methyl/N-ethyl adjacent to an activating group) is 1. The Hall–Kier alpha value is -3.00. The SMILES string of the molecule is CN1CCN(CCOC2CC(Oc3ccc(-c4ccc5c(c4)[nH]c4ccncc45)cn3)C2)CC1. The Morgan fingerprint density at radius 2 is 1.76 bits per heavy atom. The zero-order valence-corrected chi connectivity index (χ0v) is 19.6. The molecule has 0 bridgehead atoms. The highest BCUT2D eigenvalue weighted by Crippen LogP contribution is 2.31. The lowest BCUT2D eigenvalue weighted by atomic mass is 9.92. The number of nitrogens with one attached hydrogen (secondary N) is 1. The lowest BCUT2D eigenvalue weighted by molar-refractivity contribution is -0.0675. The number of rotatable bonds is 7. The summed E-state index contributed by atoms with van der Waals surface area (Å²) in [6.45, 7) is 6.43. The van der Waals surface area contributed by atoms with Crippen LogP contribution < -0.4 is 4.74 Å². The normalized spacial score (nSPS) is 21.7. The molecular formula is C27H31N5O2. The number of pyridine rings is 2. The van der Waals surface area contributed by atoms with Crippen LogP contribution in [0.2, 0.25) is 0 Å². The minimum Gasteiger partial charge on any atom is -0.474 e. The lowest BCUT2D eigenvalue weighted by Crippen LogP contribution is -2.46. The first kappa shape index (κ1) is 21.5. The minimum atomic E-state index is 0.197. The maximum absolute atomic E-state index is 6.07. The fourth-order valence-corrected chi connectivity index (χ4v) is 4.89. The molecule has 4 aromatic rings. The summed E-state index contributed by atoms with van der Waals surface area (Å²) >= 11 is 0.